The second kappa shape index (κ2) is 34.2. The van der Waals surface area contributed by atoms with Crippen LogP contribution in [0.4, 0.5) is 0 Å². The van der Waals surface area contributed by atoms with Crippen molar-refractivity contribution in [3.05, 3.63) is 18.5 Å². The molecular weight excluding hydrogens is 745 g/mol. The molecule has 16 nitrogen and oxygen atoms in total. The van der Waals surface area contributed by atoms with E-state index in [0.29, 0.717) is 23.9 Å². The fourth-order valence-corrected chi connectivity index (χ4v) is 6.28. The number of amides is 2. The molecule has 1 aromatic rings. The van der Waals surface area contributed by atoms with E-state index in [9.17, 15) is 19.5 Å². The van der Waals surface area contributed by atoms with Gasteiger partial charge in [-0.05, 0) is 18.8 Å². The zero-order chi connectivity index (χ0) is 42.0. The molecule has 1 aliphatic heterocycles. The normalized spacial score (nSPS) is 18.3. The Morgan fingerprint density at radius 1 is 0.964 bits per heavy atom. The molecule has 1 fully saturated rings. The molecule has 0 radical (unpaired) electrons. The second-order valence-electron chi connectivity index (χ2n) is 14.8. The van der Waals surface area contributed by atoms with Gasteiger partial charge in [-0.15, -0.1) is 5.10 Å². The van der Waals surface area contributed by atoms with Gasteiger partial charge in [-0.1, -0.05) is 123 Å². The number of aliphatic hydroxyl groups excluding tert-OH is 1. The Morgan fingerprint density at radius 3 is 2.00 bits per heavy atom. The first kappa shape index (κ1) is 53.1. The van der Waals surface area contributed by atoms with E-state index in [1.54, 1.807) is 6.20 Å². The van der Waals surface area contributed by atoms with E-state index >= 15 is 0 Å². The van der Waals surface area contributed by atoms with Crippen molar-refractivity contribution < 1.29 is 52.3 Å². The number of nitrogens with one attached hydrogen (secondary N) is 1. The summed E-state index contributed by atoms with van der Waals surface area (Å²) in [5.74, 6) is -0.403. The van der Waals surface area contributed by atoms with Gasteiger partial charge >= 0.3 is 0 Å². The highest BCUT2D eigenvalue weighted by Crippen LogP contribution is 2.36. The van der Waals surface area contributed by atoms with Crippen LogP contribution in [0.15, 0.2) is 18.5 Å². The number of aromatic nitrogens is 3. The molecule has 17 heteroatoms. The number of hydrogen-bond donors (Lipinski definition) is 2. The third-order valence-electron chi connectivity index (χ3n) is 7.86. The van der Waals surface area contributed by atoms with E-state index in [0.717, 1.165) is 25.5 Å². The summed E-state index contributed by atoms with van der Waals surface area (Å²) in [5.41, 5.74) is 0.828. The number of rotatable bonds is 30. The lowest BCUT2D eigenvalue weighted by molar-refractivity contribution is -0.136. The molecule has 1 aromatic heterocycles. The third-order valence-corrected chi connectivity index (χ3v) is 9.11. The second-order valence-corrected chi connectivity index (χ2v) is 16.3. The monoisotopic (exact) mass is 817 g/mol. The van der Waals surface area contributed by atoms with Crippen molar-refractivity contribution in [2.45, 2.75) is 163 Å². The fraction of sp³-hybridized carbons (Fsp3) is 0.795. The number of carbonyl (C=O) groups is 4. The van der Waals surface area contributed by atoms with Gasteiger partial charge < -0.3 is 38.7 Å². The Kier molecular flexibility index (Phi) is 32.5. The number of hydrogen-bond acceptors (Lipinski definition) is 13. The molecule has 1 aliphatic rings. The molecule has 2 rings (SSSR count). The molecule has 2 N–H and O–H groups in total. The van der Waals surface area contributed by atoms with Gasteiger partial charge in [0.25, 0.3) is 6.47 Å². The summed E-state index contributed by atoms with van der Waals surface area (Å²) in [7, 11) is 1.15. The molecule has 0 aromatic carbocycles. The van der Waals surface area contributed by atoms with Crippen LogP contribution in [0.1, 0.15) is 131 Å². The predicted octanol–water partition coefficient (Wildman–Crippen LogP) is 5.91. The highest BCUT2D eigenvalue weighted by atomic mass is 31.2. The van der Waals surface area contributed by atoms with Gasteiger partial charge in [0, 0.05) is 33.0 Å². The molecule has 0 spiro atoms. The number of methoxy groups -OCH3 is 1. The summed E-state index contributed by atoms with van der Waals surface area (Å²) in [6.07, 6.45) is 18.9. The molecule has 0 bridgehead atoms. The number of ether oxygens (including phenoxy) is 4. The summed E-state index contributed by atoms with van der Waals surface area (Å²) >= 11 is 0. The van der Waals surface area contributed by atoms with Crippen LogP contribution in [0.5, 0.6) is 0 Å². The van der Waals surface area contributed by atoms with Gasteiger partial charge in [0.1, 0.15) is 24.6 Å². The average Bonchev–Trinajstić information content (AvgIpc) is 3.75. The Hall–Kier alpha value is -2.85. The summed E-state index contributed by atoms with van der Waals surface area (Å²) in [6.45, 7) is 12.7. The van der Waals surface area contributed by atoms with Gasteiger partial charge in [0.2, 0.25) is 20.7 Å². The standard InChI is InChI=1S/C32H56N5O10P.C5H12.C2H4O/c1-4-5-6-7-8-9-10-11-12-13-14-15-16-17-20-44-31-30(41)27(47-32(31)36(23-38)19-18-28(40)33-2)21-37-22-29(34-35-37)48(45-25-42-3)46-26-43-24-39;1-5(2,3)4;1-2-3/h18-19,22-24,27,30-32,41H,4-17,20-21,25-26H2,1-3H3,(H,33,40);1-4H3;2H,1H3/b19-18-;;. The van der Waals surface area contributed by atoms with Crippen molar-refractivity contribution in [2.75, 3.05) is 34.4 Å². The van der Waals surface area contributed by atoms with Crippen molar-refractivity contribution in [2.24, 2.45) is 5.41 Å². The maximum atomic E-state index is 12.0. The van der Waals surface area contributed by atoms with Gasteiger partial charge in [-0.3, -0.25) is 23.8 Å². The van der Waals surface area contributed by atoms with Gasteiger partial charge in [-0.25, -0.2) is 4.68 Å². The minimum absolute atomic E-state index is 0.0630. The van der Waals surface area contributed by atoms with Crippen LogP contribution in [0.25, 0.3) is 0 Å². The first-order valence-corrected chi connectivity index (χ1v) is 21.1. The largest absolute Gasteiger partial charge is 0.440 e. The first-order valence-electron chi connectivity index (χ1n) is 19.9. The van der Waals surface area contributed by atoms with Crippen LogP contribution in [0, 0.1) is 5.41 Å². The SMILES string of the molecule is CC(C)(C)C.CC=O.CCCCCCCCCCCCCCCCOC1C(O)C(Cn2cc(P(OCOC)OCOC=O)nn2)OC1N(C=O)/C=C\C(=O)NC. The highest BCUT2D eigenvalue weighted by molar-refractivity contribution is 7.55. The van der Waals surface area contributed by atoms with Crippen LogP contribution < -0.4 is 10.8 Å². The van der Waals surface area contributed by atoms with E-state index in [1.807, 2.05) is 0 Å². The topological polar surface area (TPSA) is 190 Å². The van der Waals surface area contributed by atoms with E-state index in [2.05, 4.69) is 55.0 Å². The lowest BCUT2D eigenvalue weighted by Crippen LogP contribution is -2.43. The lowest BCUT2D eigenvalue weighted by atomic mass is 10.0. The number of carbonyl (C=O) groups excluding carboxylic acids is 4. The van der Waals surface area contributed by atoms with Crippen molar-refractivity contribution in [3.63, 3.8) is 0 Å². The van der Waals surface area contributed by atoms with E-state index in [-0.39, 0.29) is 26.6 Å². The molecule has 324 valence electrons. The van der Waals surface area contributed by atoms with Crippen molar-refractivity contribution >= 4 is 38.9 Å². The van der Waals surface area contributed by atoms with E-state index in [1.165, 1.54) is 114 Å². The molecule has 2 heterocycles. The predicted molar refractivity (Wildman–Crippen MR) is 215 cm³/mol. The number of aldehydes is 1. The van der Waals surface area contributed by atoms with Gasteiger partial charge in [0.05, 0.1) is 12.7 Å². The Bertz CT molecular complexity index is 1160. The number of nitrogens with zero attached hydrogens (tertiary/aromatic N) is 4. The quantitative estimate of drug-likeness (QED) is 0.0307. The third kappa shape index (κ3) is 26.9. The Labute approximate surface area is 336 Å². The van der Waals surface area contributed by atoms with Gasteiger partial charge in [0.15, 0.2) is 25.2 Å². The minimum Gasteiger partial charge on any atom is -0.440 e. The maximum absolute atomic E-state index is 12.0. The zero-order valence-corrected chi connectivity index (χ0v) is 36.2. The Balaban J connectivity index is 0.00000343. The van der Waals surface area contributed by atoms with Crippen LogP contribution in [0.3, 0.4) is 0 Å². The average molecular weight is 818 g/mol. The fourth-order valence-electron chi connectivity index (χ4n) is 5.24. The van der Waals surface area contributed by atoms with Gasteiger partial charge in [-0.2, -0.15) is 0 Å². The molecule has 2 amide bonds. The molecular formula is C39H72N5O11P. The lowest BCUT2D eigenvalue weighted by Gasteiger charge is -2.26. The molecule has 56 heavy (non-hydrogen) atoms. The van der Waals surface area contributed by atoms with Crippen molar-refractivity contribution in [3.8, 4) is 0 Å². The van der Waals surface area contributed by atoms with Crippen LogP contribution in [-0.2, 0) is 53.7 Å². The highest BCUT2D eigenvalue weighted by Gasteiger charge is 2.47. The molecule has 0 aliphatic carbocycles. The number of unbranched alkanes of at least 4 members (excludes halogenated alkanes) is 13. The summed E-state index contributed by atoms with van der Waals surface area (Å²) in [6, 6.07) is 0. The molecule has 5 unspecified atom stereocenters. The zero-order valence-electron chi connectivity index (χ0n) is 35.3. The van der Waals surface area contributed by atoms with Crippen LogP contribution in [-0.4, -0.2) is 109 Å². The van der Waals surface area contributed by atoms with E-state index in [4.69, 9.17) is 28.1 Å². The van der Waals surface area contributed by atoms with Crippen LogP contribution >= 0.6 is 8.38 Å². The Morgan fingerprint density at radius 2 is 1.50 bits per heavy atom. The number of likely N-dealkylation sites (N-methyl/N-ethyl adjacent to an activating group) is 1. The maximum Gasteiger partial charge on any atom is 0.295 e. The van der Waals surface area contributed by atoms with E-state index < -0.39 is 38.8 Å². The minimum atomic E-state index is -1.78. The smallest absolute Gasteiger partial charge is 0.295 e. The number of aliphatic hydroxyl groups is 1. The van der Waals surface area contributed by atoms with Crippen LogP contribution in [0.2, 0.25) is 0 Å². The molecule has 5 atom stereocenters. The summed E-state index contributed by atoms with van der Waals surface area (Å²) < 4.78 is 34.1. The summed E-state index contributed by atoms with van der Waals surface area (Å²) in [4.78, 5) is 44.3. The first-order chi connectivity index (χ1) is 26.9. The molecule has 1 saturated heterocycles. The molecule has 0 saturated carbocycles. The summed E-state index contributed by atoms with van der Waals surface area (Å²) in [5, 5.41) is 21.9. The van der Waals surface area contributed by atoms with Crippen molar-refractivity contribution in [1.29, 1.82) is 0 Å². The van der Waals surface area contributed by atoms with Crippen molar-refractivity contribution in [1.82, 2.24) is 25.2 Å².